The van der Waals surface area contributed by atoms with Crippen molar-refractivity contribution in [3.8, 4) is 0 Å². The molecule has 0 heteroatoms. The molecule has 0 aliphatic carbocycles. The summed E-state index contributed by atoms with van der Waals surface area (Å²) in [5.41, 5.74) is 4.31. The van der Waals surface area contributed by atoms with Crippen LogP contribution in [0.25, 0.3) is 0 Å². The highest BCUT2D eigenvalue weighted by Gasteiger charge is 2.02. The van der Waals surface area contributed by atoms with Crippen molar-refractivity contribution in [2.24, 2.45) is 5.92 Å². The minimum absolute atomic E-state index is 0. The summed E-state index contributed by atoms with van der Waals surface area (Å²) >= 11 is 0. The summed E-state index contributed by atoms with van der Waals surface area (Å²) in [6.07, 6.45) is 0. The van der Waals surface area contributed by atoms with Gasteiger partial charge in [-0.3, -0.25) is 0 Å². The van der Waals surface area contributed by atoms with E-state index in [9.17, 15) is 0 Å². The highest BCUT2D eigenvalue weighted by atomic mass is 14.1. The summed E-state index contributed by atoms with van der Waals surface area (Å²) in [5.74, 6) is 2.78. The molecule has 0 fully saturated rings. The normalized spacial score (nSPS) is 9.10. The fourth-order valence-corrected chi connectivity index (χ4v) is 2.12. The van der Waals surface area contributed by atoms with E-state index in [1.54, 1.807) is 0 Å². The van der Waals surface area contributed by atoms with Crippen LogP contribution in [0.3, 0.4) is 0 Å². The van der Waals surface area contributed by atoms with Crippen molar-refractivity contribution in [1.82, 2.24) is 0 Å². The Bertz CT molecular complexity index is 521. The maximum absolute atomic E-state index is 2.31. The molecule has 30 heavy (non-hydrogen) atoms. The average molecular weight is 417 g/mol. The molecule has 176 valence electrons. The van der Waals surface area contributed by atoms with Crippen LogP contribution >= 0.6 is 0 Å². The highest BCUT2D eigenvalue weighted by molar-refractivity contribution is 5.27. The van der Waals surface area contributed by atoms with Crippen LogP contribution in [0, 0.1) is 5.92 Å². The molecule has 0 amide bonds. The van der Waals surface area contributed by atoms with Gasteiger partial charge in [0.15, 0.2) is 0 Å². The molecule has 0 spiro atoms. The zero-order chi connectivity index (χ0) is 23.4. The maximum atomic E-state index is 2.31. The summed E-state index contributed by atoms with van der Waals surface area (Å²) in [4.78, 5) is 0. The zero-order valence-electron chi connectivity index (χ0n) is 22.0. The molecule has 2 aromatic carbocycles. The molecule has 0 saturated heterocycles. The maximum Gasteiger partial charge on any atom is -0.0219 e. The van der Waals surface area contributed by atoms with Crippen molar-refractivity contribution in [2.75, 3.05) is 0 Å². The summed E-state index contributed by atoms with van der Waals surface area (Å²) in [6.45, 7) is 27.8. The zero-order valence-corrected chi connectivity index (χ0v) is 22.0. The van der Waals surface area contributed by atoms with Crippen LogP contribution in [0.4, 0.5) is 0 Å². The SMILES string of the molecule is C.CC.CC.CC(C)C.CC(C)c1cccc(C(C)C)c1.CC(C)c1ccccc1. The van der Waals surface area contributed by atoms with E-state index in [-0.39, 0.29) is 7.43 Å². The van der Waals surface area contributed by atoms with Crippen molar-refractivity contribution >= 4 is 0 Å². The van der Waals surface area contributed by atoms with Gasteiger partial charge in [0.25, 0.3) is 0 Å². The Kier molecular flexibility index (Phi) is 28.3. The van der Waals surface area contributed by atoms with Crippen LogP contribution in [0.15, 0.2) is 54.6 Å². The summed E-state index contributed by atoms with van der Waals surface area (Å²) in [7, 11) is 0. The molecule has 0 N–H and O–H groups in total. The standard InChI is InChI=1S/C12H18.C9H12.C4H10.2C2H6.CH4/c1-9(2)11-6-5-7-12(8-11)10(3)4;1-8(2)9-6-4-3-5-7-9;1-4(2)3;2*1-2;/h5-10H,1-4H3;3-8H,1-2H3;4H,1-3H3;2*1-2H3;1H4. The first-order valence-electron chi connectivity index (χ1n) is 11.8. The Morgan fingerprint density at radius 2 is 0.700 bits per heavy atom. The second-order valence-electron chi connectivity index (χ2n) is 8.28. The van der Waals surface area contributed by atoms with Crippen molar-refractivity contribution in [1.29, 1.82) is 0 Å². The van der Waals surface area contributed by atoms with Crippen molar-refractivity contribution in [2.45, 2.75) is 115 Å². The van der Waals surface area contributed by atoms with Gasteiger partial charge in [-0.2, -0.15) is 0 Å². The van der Waals surface area contributed by atoms with Crippen molar-refractivity contribution < 1.29 is 0 Å². The Balaban J connectivity index is -0.000000167. The molecule has 0 heterocycles. The first-order valence-corrected chi connectivity index (χ1v) is 11.8. The minimum atomic E-state index is 0. The number of hydrogen-bond donors (Lipinski definition) is 0. The largest absolute Gasteiger partial charge is 0.0776 e. The predicted molar refractivity (Wildman–Crippen MR) is 145 cm³/mol. The smallest absolute Gasteiger partial charge is 0.0219 e. The van der Waals surface area contributed by atoms with Gasteiger partial charge in [-0.15, -0.1) is 0 Å². The molecule has 0 unspecified atom stereocenters. The fraction of sp³-hybridized carbons (Fsp3) is 0.600. The molecule has 0 nitrogen and oxygen atoms in total. The number of benzene rings is 2. The topological polar surface area (TPSA) is 0 Å². The fourth-order valence-electron chi connectivity index (χ4n) is 2.12. The molecular weight excluding hydrogens is 360 g/mol. The molecule has 0 atom stereocenters. The molecule has 2 rings (SSSR count). The number of hydrogen-bond acceptors (Lipinski definition) is 0. The first-order chi connectivity index (χ1) is 13.6. The molecule has 0 aliphatic rings. The molecule has 0 saturated carbocycles. The van der Waals surface area contributed by atoms with E-state index in [0.29, 0.717) is 17.8 Å². The van der Waals surface area contributed by atoms with E-state index in [1.165, 1.54) is 16.7 Å². The first kappa shape index (κ1) is 35.9. The lowest BCUT2D eigenvalue weighted by molar-refractivity contribution is 0.737. The molecule has 0 aliphatic heterocycles. The third kappa shape index (κ3) is 21.2. The second kappa shape index (κ2) is 23.7. The Morgan fingerprint density at radius 1 is 0.433 bits per heavy atom. The van der Waals surface area contributed by atoms with Crippen LogP contribution < -0.4 is 0 Å². The average Bonchev–Trinajstić information content (AvgIpc) is 2.72. The lowest BCUT2D eigenvalue weighted by Gasteiger charge is -2.09. The number of rotatable bonds is 3. The quantitative estimate of drug-likeness (QED) is 0.466. The van der Waals surface area contributed by atoms with Crippen LogP contribution in [0.5, 0.6) is 0 Å². The molecule has 0 bridgehead atoms. The summed E-state index contributed by atoms with van der Waals surface area (Å²) < 4.78 is 0. The van der Waals surface area contributed by atoms with Gasteiger partial charge in [-0.05, 0) is 40.4 Å². The van der Waals surface area contributed by atoms with E-state index in [4.69, 9.17) is 0 Å². The van der Waals surface area contributed by atoms with Gasteiger partial charge in [0.2, 0.25) is 0 Å². The Hall–Kier alpha value is -1.56. The highest BCUT2D eigenvalue weighted by Crippen LogP contribution is 2.20. The third-order valence-electron chi connectivity index (χ3n) is 3.71. The monoisotopic (exact) mass is 416 g/mol. The lowest BCUT2D eigenvalue weighted by Crippen LogP contribution is -1.91. The molecule has 2 aromatic rings. The third-order valence-corrected chi connectivity index (χ3v) is 3.71. The van der Waals surface area contributed by atoms with E-state index in [0.717, 1.165) is 5.92 Å². The Labute approximate surface area is 192 Å². The van der Waals surface area contributed by atoms with E-state index in [2.05, 4.69) is 111 Å². The summed E-state index contributed by atoms with van der Waals surface area (Å²) in [5, 5.41) is 0. The van der Waals surface area contributed by atoms with Gasteiger partial charge in [-0.25, -0.2) is 0 Å². The van der Waals surface area contributed by atoms with Crippen LogP contribution in [-0.4, -0.2) is 0 Å². The second-order valence-corrected chi connectivity index (χ2v) is 8.28. The van der Waals surface area contributed by atoms with Gasteiger partial charge in [0, 0.05) is 0 Å². The van der Waals surface area contributed by atoms with Crippen LogP contribution in [0.1, 0.15) is 132 Å². The molecule has 0 radical (unpaired) electrons. The van der Waals surface area contributed by atoms with Crippen LogP contribution in [-0.2, 0) is 0 Å². The van der Waals surface area contributed by atoms with Gasteiger partial charge < -0.3 is 0 Å². The van der Waals surface area contributed by atoms with E-state index in [1.807, 2.05) is 33.8 Å². The predicted octanol–water partition coefficient (Wildman–Crippen LogP) is 11.1. The molecule has 0 aromatic heterocycles. The lowest BCUT2D eigenvalue weighted by atomic mass is 9.96. The summed E-state index contributed by atoms with van der Waals surface area (Å²) in [6, 6.07) is 19.4. The Morgan fingerprint density at radius 3 is 0.933 bits per heavy atom. The van der Waals surface area contributed by atoms with Gasteiger partial charge >= 0.3 is 0 Å². The molecular formula is C30H56. The van der Waals surface area contributed by atoms with Gasteiger partial charge in [-0.1, -0.05) is 152 Å². The van der Waals surface area contributed by atoms with Crippen LogP contribution in [0.2, 0.25) is 0 Å². The van der Waals surface area contributed by atoms with E-state index < -0.39 is 0 Å². The van der Waals surface area contributed by atoms with Gasteiger partial charge in [0.1, 0.15) is 0 Å². The van der Waals surface area contributed by atoms with Crippen molar-refractivity contribution in [3.05, 3.63) is 71.3 Å². The van der Waals surface area contributed by atoms with E-state index >= 15 is 0 Å². The minimum Gasteiger partial charge on any atom is -0.0776 e. The van der Waals surface area contributed by atoms with Crippen molar-refractivity contribution in [3.63, 3.8) is 0 Å². The van der Waals surface area contributed by atoms with Gasteiger partial charge in [0.05, 0.1) is 0 Å².